The van der Waals surface area contributed by atoms with Gasteiger partial charge in [0, 0.05) is 7.11 Å². The number of carbonyl (C=O) groups excluding carboxylic acids is 1. The van der Waals surface area contributed by atoms with E-state index in [2.05, 4.69) is 0 Å². The van der Waals surface area contributed by atoms with Crippen molar-refractivity contribution in [2.45, 2.75) is 9.39 Å². The zero-order valence-corrected chi connectivity index (χ0v) is 14.6. The third-order valence-electron chi connectivity index (χ3n) is 3.32. The summed E-state index contributed by atoms with van der Waals surface area (Å²) < 4.78 is 9.15. The van der Waals surface area contributed by atoms with E-state index >= 15 is 0 Å². The monoisotopic (exact) mass is 372 g/mol. The highest BCUT2D eigenvalue weighted by atomic mass is 35.6. The predicted molar refractivity (Wildman–Crippen MR) is 91.9 cm³/mol. The maximum absolute atomic E-state index is 12.8. The average molecular weight is 374 g/mol. The molecule has 0 aliphatic heterocycles. The molecule has 0 amide bonds. The van der Waals surface area contributed by atoms with Crippen LogP contribution in [-0.2, 0) is 19.9 Å². The van der Waals surface area contributed by atoms with Gasteiger partial charge >= 0.3 is 5.97 Å². The quantitative estimate of drug-likeness (QED) is 0.572. The van der Waals surface area contributed by atoms with Crippen molar-refractivity contribution in [2.75, 3.05) is 13.7 Å². The van der Waals surface area contributed by atoms with Crippen LogP contribution in [0.4, 0.5) is 0 Å². The van der Waals surface area contributed by atoms with Gasteiger partial charge in [0.05, 0.1) is 0 Å². The van der Waals surface area contributed by atoms with Gasteiger partial charge in [0.15, 0.2) is 0 Å². The summed E-state index contributed by atoms with van der Waals surface area (Å²) in [6, 6.07) is 18.1. The summed E-state index contributed by atoms with van der Waals surface area (Å²) in [5.41, 5.74) is -0.177. The summed E-state index contributed by atoms with van der Waals surface area (Å²) >= 11 is 17.0. The van der Waals surface area contributed by atoms with Crippen LogP contribution in [0.1, 0.15) is 11.1 Å². The van der Waals surface area contributed by atoms with Gasteiger partial charge in [0.2, 0.25) is 9.39 Å². The zero-order valence-electron chi connectivity index (χ0n) is 12.3. The smallest absolute Gasteiger partial charge is 0.348 e. The molecule has 0 atom stereocenters. The molecule has 0 fully saturated rings. The number of methoxy groups -OCH3 is 1. The second-order valence-corrected chi connectivity index (χ2v) is 7.32. The summed E-state index contributed by atoms with van der Waals surface area (Å²) in [6.07, 6.45) is 0. The van der Waals surface area contributed by atoms with E-state index < -0.39 is 15.4 Å². The molecule has 0 aromatic heterocycles. The molecule has 0 radical (unpaired) electrons. The van der Waals surface area contributed by atoms with Crippen molar-refractivity contribution >= 4 is 40.8 Å². The molecule has 23 heavy (non-hydrogen) atoms. The minimum atomic E-state index is -1.69. The number of esters is 1. The fraction of sp³-hybridized carbons (Fsp3) is 0.235. The van der Waals surface area contributed by atoms with Gasteiger partial charge in [-0.1, -0.05) is 95.5 Å². The Labute approximate surface area is 150 Å². The molecule has 0 aliphatic rings. The highest BCUT2D eigenvalue weighted by Crippen LogP contribution is 2.36. The Hall–Kier alpha value is -1.26. The van der Waals surface area contributed by atoms with Gasteiger partial charge in [0.25, 0.3) is 0 Å². The second-order valence-electron chi connectivity index (χ2n) is 4.81. The van der Waals surface area contributed by atoms with Crippen LogP contribution in [0.15, 0.2) is 60.7 Å². The van der Waals surface area contributed by atoms with Crippen LogP contribution in [0, 0.1) is 0 Å². The second kappa shape index (κ2) is 7.54. The van der Waals surface area contributed by atoms with Crippen molar-refractivity contribution in [1.82, 2.24) is 0 Å². The molecule has 2 aromatic rings. The van der Waals surface area contributed by atoms with E-state index in [9.17, 15) is 4.79 Å². The van der Waals surface area contributed by atoms with E-state index in [-0.39, 0.29) is 6.61 Å². The Morgan fingerprint density at radius 3 is 1.70 bits per heavy atom. The highest BCUT2D eigenvalue weighted by molar-refractivity contribution is 6.67. The molecule has 0 unspecified atom stereocenters. The number of ether oxygens (including phenoxy) is 2. The molecule has 0 heterocycles. The maximum atomic E-state index is 12.8. The fourth-order valence-corrected chi connectivity index (χ4v) is 2.48. The molecule has 0 bridgehead atoms. The largest absolute Gasteiger partial charge is 0.458 e. The third-order valence-corrected chi connectivity index (χ3v) is 3.65. The minimum absolute atomic E-state index is 0.374. The number of benzene rings is 2. The summed E-state index contributed by atoms with van der Waals surface area (Å²) in [7, 11) is 1.44. The SMILES string of the molecule is COC(C(=O)OCC(Cl)(Cl)Cl)(c1ccccc1)c1ccccc1. The maximum Gasteiger partial charge on any atom is 0.348 e. The molecule has 0 saturated carbocycles. The van der Waals surface area contributed by atoms with Gasteiger partial charge in [-0.2, -0.15) is 0 Å². The van der Waals surface area contributed by atoms with Crippen LogP contribution >= 0.6 is 34.8 Å². The zero-order chi connectivity index (χ0) is 16.9. The minimum Gasteiger partial charge on any atom is -0.458 e. The first-order valence-electron chi connectivity index (χ1n) is 6.80. The first-order chi connectivity index (χ1) is 10.9. The molecule has 0 saturated heterocycles. The van der Waals surface area contributed by atoms with Crippen LogP contribution in [0.25, 0.3) is 0 Å². The Morgan fingerprint density at radius 2 is 1.35 bits per heavy atom. The first-order valence-corrected chi connectivity index (χ1v) is 7.94. The number of hydrogen-bond donors (Lipinski definition) is 0. The number of alkyl halides is 3. The van der Waals surface area contributed by atoms with Crippen LogP contribution < -0.4 is 0 Å². The molecule has 2 rings (SSSR count). The predicted octanol–water partition coefficient (Wildman–Crippen LogP) is 4.49. The molecule has 0 N–H and O–H groups in total. The van der Waals surface area contributed by atoms with Crippen LogP contribution in [0.3, 0.4) is 0 Å². The van der Waals surface area contributed by atoms with Crippen molar-refractivity contribution in [3.8, 4) is 0 Å². The summed E-state index contributed by atoms with van der Waals surface area (Å²) in [5.74, 6) is -0.649. The fourth-order valence-electron chi connectivity index (χ4n) is 2.32. The number of halogens is 3. The molecule has 122 valence electrons. The van der Waals surface area contributed by atoms with Crippen LogP contribution in [0.2, 0.25) is 0 Å². The van der Waals surface area contributed by atoms with E-state index in [1.54, 1.807) is 24.3 Å². The van der Waals surface area contributed by atoms with Crippen LogP contribution in [-0.4, -0.2) is 23.5 Å². The average Bonchev–Trinajstić information content (AvgIpc) is 2.55. The molecule has 2 aromatic carbocycles. The standard InChI is InChI=1S/C17H15Cl3O3/c1-22-17(13-8-4-2-5-9-13,14-10-6-3-7-11-14)15(21)23-12-16(18,19)20/h2-11H,12H2,1H3. The lowest BCUT2D eigenvalue weighted by Crippen LogP contribution is -2.41. The van der Waals surface area contributed by atoms with E-state index in [1.807, 2.05) is 36.4 Å². The lowest BCUT2D eigenvalue weighted by Gasteiger charge is -2.31. The van der Waals surface area contributed by atoms with E-state index in [0.717, 1.165) is 0 Å². The molecule has 0 spiro atoms. The normalized spacial score (nSPS) is 12.0. The highest BCUT2D eigenvalue weighted by Gasteiger charge is 2.44. The summed E-state index contributed by atoms with van der Waals surface area (Å²) in [6.45, 7) is -0.374. The Kier molecular flexibility index (Phi) is 5.93. The van der Waals surface area contributed by atoms with Gasteiger partial charge in [-0.15, -0.1) is 0 Å². The van der Waals surface area contributed by atoms with Gasteiger partial charge in [-0.25, -0.2) is 4.79 Å². The van der Waals surface area contributed by atoms with E-state index in [0.29, 0.717) is 11.1 Å². The van der Waals surface area contributed by atoms with E-state index in [4.69, 9.17) is 44.3 Å². The molecule has 3 nitrogen and oxygen atoms in total. The Bertz CT molecular complexity index is 600. The third kappa shape index (κ3) is 4.18. The molecular weight excluding hydrogens is 359 g/mol. The molecule has 0 aliphatic carbocycles. The van der Waals surface area contributed by atoms with Crippen molar-refractivity contribution < 1.29 is 14.3 Å². The van der Waals surface area contributed by atoms with Crippen molar-refractivity contribution in [2.24, 2.45) is 0 Å². The molecular formula is C17H15Cl3O3. The Balaban J connectivity index is 2.49. The first kappa shape index (κ1) is 18.1. The number of carbonyl (C=O) groups is 1. The van der Waals surface area contributed by atoms with Gasteiger partial charge < -0.3 is 9.47 Å². The van der Waals surface area contributed by atoms with Crippen molar-refractivity contribution in [3.05, 3.63) is 71.8 Å². The number of rotatable bonds is 5. The Morgan fingerprint density at radius 1 is 0.913 bits per heavy atom. The van der Waals surface area contributed by atoms with Crippen molar-refractivity contribution in [1.29, 1.82) is 0 Å². The lowest BCUT2D eigenvalue weighted by atomic mass is 9.86. The summed E-state index contributed by atoms with van der Waals surface area (Å²) in [5, 5.41) is 0. The molecule has 6 heteroatoms. The van der Waals surface area contributed by atoms with Crippen molar-refractivity contribution in [3.63, 3.8) is 0 Å². The van der Waals surface area contributed by atoms with Crippen LogP contribution in [0.5, 0.6) is 0 Å². The van der Waals surface area contributed by atoms with Gasteiger partial charge in [0.1, 0.15) is 6.61 Å². The van der Waals surface area contributed by atoms with Gasteiger partial charge in [-0.3, -0.25) is 0 Å². The topological polar surface area (TPSA) is 35.5 Å². The lowest BCUT2D eigenvalue weighted by molar-refractivity contribution is -0.165. The van der Waals surface area contributed by atoms with E-state index in [1.165, 1.54) is 7.11 Å². The summed E-state index contributed by atoms with van der Waals surface area (Å²) in [4.78, 5) is 12.8. The number of hydrogen-bond acceptors (Lipinski definition) is 3. The van der Waals surface area contributed by atoms with Gasteiger partial charge in [-0.05, 0) is 11.1 Å².